The lowest BCUT2D eigenvalue weighted by molar-refractivity contribution is -0.140. The van der Waals surface area contributed by atoms with Crippen molar-refractivity contribution in [3.63, 3.8) is 0 Å². The Bertz CT molecular complexity index is 334. The minimum absolute atomic E-state index is 0.189. The van der Waals surface area contributed by atoms with Crippen LogP contribution >= 0.6 is 0 Å². The smallest absolute Gasteiger partial charge is 0.326 e. The van der Waals surface area contributed by atoms with Crippen molar-refractivity contribution in [2.24, 2.45) is 7.05 Å². The number of aliphatic carboxylic acids is 1. The van der Waals surface area contributed by atoms with E-state index in [9.17, 15) is 9.59 Å². The van der Waals surface area contributed by atoms with Gasteiger partial charge in [-0.15, -0.1) is 0 Å². The average molecular weight is 197 g/mol. The van der Waals surface area contributed by atoms with Crippen LogP contribution in [-0.2, 0) is 23.1 Å². The highest BCUT2D eigenvalue weighted by Crippen LogP contribution is 1.99. The molecule has 0 spiro atoms. The minimum Gasteiger partial charge on any atom is -0.480 e. The van der Waals surface area contributed by atoms with E-state index < -0.39 is 12.0 Å². The van der Waals surface area contributed by atoms with Crippen LogP contribution in [0.2, 0.25) is 0 Å². The van der Waals surface area contributed by atoms with Crippen LogP contribution in [0.4, 0.5) is 0 Å². The van der Waals surface area contributed by atoms with Gasteiger partial charge in [-0.2, -0.15) is 5.10 Å². The number of carbonyl (C=O) groups excluding carboxylic acids is 1. The van der Waals surface area contributed by atoms with E-state index in [4.69, 9.17) is 5.11 Å². The monoisotopic (exact) mass is 197 g/mol. The summed E-state index contributed by atoms with van der Waals surface area (Å²) in [6.45, 7) is 0. The molecule has 0 saturated carbocycles. The Hall–Kier alpha value is -1.85. The fraction of sp³-hybridized carbons (Fsp3) is 0.375. The molecule has 0 radical (unpaired) electrons. The highest BCUT2D eigenvalue weighted by Gasteiger charge is 2.17. The summed E-state index contributed by atoms with van der Waals surface area (Å²) in [6, 6.07) is 0.796. The summed E-state index contributed by atoms with van der Waals surface area (Å²) in [5, 5.41) is 14.9. The molecule has 1 aromatic heterocycles. The Balaban J connectivity index is 2.64. The molecule has 76 valence electrons. The zero-order valence-corrected chi connectivity index (χ0v) is 7.67. The summed E-state index contributed by atoms with van der Waals surface area (Å²) in [5.74, 6) is -1.07. The van der Waals surface area contributed by atoms with Crippen LogP contribution in [0.15, 0.2) is 12.3 Å². The third-order valence-corrected chi connectivity index (χ3v) is 1.75. The van der Waals surface area contributed by atoms with Crippen LogP contribution in [0.3, 0.4) is 0 Å². The van der Waals surface area contributed by atoms with Gasteiger partial charge in [-0.3, -0.25) is 9.48 Å². The molecule has 0 saturated heterocycles. The van der Waals surface area contributed by atoms with Crippen molar-refractivity contribution in [1.29, 1.82) is 0 Å². The molecule has 0 aromatic carbocycles. The highest BCUT2D eigenvalue weighted by molar-refractivity contribution is 5.76. The topological polar surface area (TPSA) is 84.2 Å². The normalized spacial score (nSPS) is 12.1. The number of carbonyl (C=O) groups is 2. The van der Waals surface area contributed by atoms with Crippen LogP contribution in [-0.4, -0.2) is 33.3 Å². The molecule has 1 atom stereocenters. The molecule has 1 unspecified atom stereocenters. The fourth-order valence-electron chi connectivity index (χ4n) is 1.08. The lowest BCUT2D eigenvalue weighted by Crippen LogP contribution is -2.37. The summed E-state index contributed by atoms with van der Waals surface area (Å²) in [5.41, 5.74) is 0.634. The molecule has 1 aromatic rings. The molecule has 1 heterocycles. The maximum absolute atomic E-state index is 10.6. The molecule has 6 heteroatoms. The largest absolute Gasteiger partial charge is 0.480 e. The lowest BCUT2D eigenvalue weighted by atomic mass is 10.1. The van der Waals surface area contributed by atoms with Crippen LogP contribution in [0.1, 0.15) is 5.69 Å². The van der Waals surface area contributed by atoms with E-state index in [2.05, 4.69) is 10.4 Å². The van der Waals surface area contributed by atoms with Gasteiger partial charge in [-0.25, -0.2) is 4.79 Å². The van der Waals surface area contributed by atoms with Gasteiger partial charge < -0.3 is 10.4 Å². The zero-order chi connectivity index (χ0) is 10.6. The molecule has 2 N–H and O–H groups in total. The van der Waals surface area contributed by atoms with Gasteiger partial charge in [0.05, 0.1) is 5.69 Å². The first-order chi connectivity index (χ1) is 6.63. The van der Waals surface area contributed by atoms with Crippen molar-refractivity contribution in [3.05, 3.63) is 18.0 Å². The first-order valence-electron chi connectivity index (χ1n) is 4.04. The predicted octanol–water partition coefficient (Wildman–Crippen LogP) is -0.838. The molecule has 1 amide bonds. The average Bonchev–Trinajstić information content (AvgIpc) is 2.50. The summed E-state index contributed by atoms with van der Waals surface area (Å²) < 4.78 is 1.58. The molecule has 0 aliphatic heterocycles. The second-order valence-corrected chi connectivity index (χ2v) is 2.86. The van der Waals surface area contributed by atoms with Crippen molar-refractivity contribution in [1.82, 2.24) is 15.1 Å². The van der Waals surface area contributed by atoms with Gasteiger partial charge in [-0.05, 0) is 6.07 Å². The molecule has 14 heavy (non-hydrogen) atoms. The number of nitrogens with one attached hydrogen (secondary N) is 1. The van der Waals surface area contributed by atoms with E-state index in [-0.39, 0.29) is 6.42 Å². The first kappa shape index (κ1) is 10.2. The molecule has 6 nitrogen and oxygen atoms in total. The predicted molar refractivity (Wildman–Crippen MR) is 47.5 cm³/mol. The Morgan fingerprint density at radius 1 is 1.86 bits per heavy atom. The number of carboxylic acid groups (broad SMARTS) is 1. The standard InChI is InChI=1S/C8H11N3O3/c1-11-3-2-6(10-11)4-7(8(13)14)9-5-12/h2-3,5,7H,4H2,1H3,(H,9,12)(H,13,14). The Kier molecular flexibility index (Phi) is 3.22. The van der Waals surface area contributed by atoms with E-state index >= 15 is 0 Å². The highest BCUT2D eigenvalue weighted by atomic mass is 16.4. The third kappa shape index (κ3) is 2.58. The van der Waals surface area contributed by atoms with E-state index in [1.165, 1.54) is 0 Å². The van der Waals surface area contributed by atoms with Gasteiger partial charge in [0, 0.05) is 19.7 Å². The quantitative estimate of drug-likeness (QED) is 0.603. The fourth-order valence-corrected chi connectivity index (χ4v) is 1.08. The van der Waals surface area contributed by atoms with Gasteiger partial charge in [0.1, 0.15) is 6.04 Å². The van der Waals surface area contributed by atoms with Crippen molar-refractivity contribution in [2.45, 2.75) is 12.5 Å². The van der Waals surface area contributed by atoms with Crippen molar-refractivity contribution < 1.29 is 14.7 Å². The molecular weight excluding hydrogens is 186 g/mol. The van der Waals surface area contributed by atoms with Crippen molar-refractivity contribution in [2.75, 3.05) is 0 Å². The maximum atomic E-state index is 10.6. The lowest BCUT2D eigenvalue weighted by Gasteiger charge is -2.08. The minimum atomic E-state index is -1.07. The summed E-state index contributed by atoms with van der Waals surface area (Å²) >= 11 is 0. The van der Waals surface area contributed by atoms with Crippen LogP contribution in [0, 0.1) is 0 Å². The number of rotatable bonds is 5. The second-order valence-electron chi connectivity index (χ2n) is 2.86. The zero-order valence-electron chi connectivity index (χ0n) is 7.67. The second kappa shape index (κ2) is 4.40. The molecule has 0 bridgehead atoms. The van der Waals surface area contributed by atoms with Gasteiger partial charge in [-0.1, -0.05) is 0 Å². The molecule has 0 aliphatic rings. The molecular formula is C8H11N3O3. The van der Waals surface area contributed by atoms with Crippen molar-refractivity contribution >= 4 is 12.4 Å². The molecule has 1 rings (SSSR count). The summed E-state index contributed by atoms with van der Waals surface area (Å²) in [6.07, 6.45) is 2.28. The molecule has 0 aliphatic carbocycles. The van der Waals surface area contributed by atoms with Gasteiger partial charge in [0.2, 0.25) is 6.41 Å². The Morgan fingerprint density at radius 3 is 3.00 bits per heavy atom. The first-order valence-corrected chi connectivity index (χ1v) is 4.04. The number of aryl methyl sites for hydroxylation is 1. The SMILES string of the molecule is Cn1ccc(CC(NC=O)C(=O)O)n1. The van der Waals surface area contributed by atoms with Crippen LogP contribution in [0.5, 0.6) is 0 Å². The third-order valence-electron chi connectivity index (χ3n) is 1.75. The number of aromatic nitrogens is 2. The maximum Gasteiger partial charge on any atom is 0.326 e. The van der Waals surface area contributed by atoms with Gasteiger partial charge in [0.25, 0.3) is 0 Å². The van der Waals surface area contributed by atoms with E-state index in [0.717, 1.165) is 0 Å². The molecule has 0 fully saturated rings. The number of carboxylic acids is 1. The van der Waals surface area contributed by atoms with Gasteiger partial charge >= 0.3 is 5.97 Å². The van der Waals surface area contributed by atoms with E-state index in [1.54, 1.807) is 24.0 Å². The van der Waals surface area contributed by atoms with E-state index in [0.29, 0.717) is 12.1 Å². The number of hydrogen-bond acceptors (Lipinski definition) is 3. The Labute approximate surface area is 80.5 Å². The van der Waals surface area contributed by atoms with Crippen LogP contribution in [0.25, 0.3) is 0 Å². The number of amides is 1. The summed E-state index contributed by atoms with van der Waals surface area (Å²) in [4.78, 5) is 20.8. The van der Waals surface area contributed by atoms with Gasteiger partial charge in [0.15, 0.2) is 0 Å². The van der Waals surface area contributed by atoms with E-state index in [1.807, 2.05) is 0 Å². The van der Waals surface area contributed by atoms with Crippen LogP contribution < -0.4 is 5.32 Å². The number of nitrogens with zero attached hydrogens (tertiary/aromatic N) is 2. The van der Waals surface area contributed by atoms with Crippen molar-refractivity contribution in [3.8, 4) is 0 Å². The number of hydrogen-bond donors (Lipinski definition) is 2. The summed E-state index contributed by atoms with van der Waals surface area (Å²) in [7, 11) is 1.74. The Morgan fingerprint density at radius 2 is 2.57 bits per heavy atom.